The van der Waals surface area contributed by atoms with Crippen molar-refractivity contribution in [2.24, 2.45) is 5.92 Å². The van der Waals surface area contributed by atoms with Crippen LogP contribution in [-0.2, 0) is 0 Å². The first-order valence-corrected chi connectivity index (χ1v) is 12.0. The molecule has 6 rings (SSSR count). The van der Waals surface area contributed by atoms with Gasteiger partial charge >= 0.3 is 0 Å². The minimum atomic E-state index is -0.500. The van der Waals surface area contributed by atoms with Gasteiger partial charge in [-0.1, -0.05) is 18.2 Å². The van der Waals surface area contributed by atoms with E-state index in [4.69, 9.17) is 19.0 Å². The van der Waals surface area contributed by atoms with Crippen molar-refractivity contribution in [3.05, 3.63) is 75.6 Å². The number of hydrogen-bond donors (Lipinski definition) is 0. The minimum absolute atomic E-state index is 0.0691. The van der Waals surface area contributed by atoms with Crippen molar-refractivity contribution in [2.75, 3.05) is 12.9 Å². The molecule has 7 heteroatoms. The largest absolute Gasteiger partial charge is 0.497 e. The molecule has 33 heavy (non-hydrogen) atoms. The molecule has 2 atom stereocenters. The predicted octanol–water partition coefficient (Wildman–Crippen LogP) is 5.32. The highest BCUT2D eigenvalue weighted by Gasteiger charge is 2.51. The van der Waals surface area contributed by atoms with E-state index in [2.05, 4.69) is 26.0 Å². The Morgan fingerprint density at radius 1 is 1.15 bits per heavy atom. The van der Waals surface area contributed by atoms with Gasteiger partial charge in [-0.25, -0.2) is 4.68 Å². The van der Waals surface area contributed by atoms with Gasteiger partial charge in [0.25, 0.3) is 5.95 Å². The molecule has 2 aliphatic rings. The minimum Gasteiger partial charge on any atom is -0.497 e. The number of methoxy groups -OCH3 is 1. The zero-order valence-electron chi connectivity index (χ0n) is 18.9. The van der Waals surface area contributed by atoms with Crippen molar-refractivity contribution in [3.8, 4) is 17.4 Å². The van der Waals surface area contributed by atoms with Crippen molar-refractivity contribution in [3.63, 3.8) is 0 Å². The highest BCUT2D eigenvalue weighted by Crippen LogP contribution is 2.55. The van der Waals surface area contributed by atoms with E-state index in [0.29, 0.717) is 28.2 Å². The standard InChI is InChI=1S/C26H24N2O4S/c1-14-20-21-18(13-33-24(20)28(27-14)15-8-6-5-7-9-15)26(2,3)32-25-22(21)23(29)17-12-16(30-4)10-11-19(17)31-25/h5-12,18,21H,13H2,1-4H3/t18-,21-/m1/s1. The summed E-state index contributed by atoms with van der Waals surface area (Å²) >= 11 is 1.78. The van der Waals surface area contributed by atoms with Crippen LogP contribution in [0.1, 0.15) is 36.6 Å². The van der Waals surface area contributed by atoms with Gasteiger partial charge in [-0.05, 0) is 51.1 Å². The summed E-state index contributed by atoms with van der Waals surface area (Å²) in [6.45, 7) is 6.18. The van der Waals surface area contributed by atoms with Gasteiger partial charge in [0.1, 0.15) is 22.0 Å². The van der Waals surface area contributed by atoms with Crippen LogP contribution in [-0.4, -0.2) is 28.2 Å². The fourth-order valence-electron chi connectivity index (χ4n) is 5.13. The number of aryl methyl sites for hydroxylation is 1. The second-order valence-corrected chi connectivity index (χ2v) is 10.2. The summed E-state index contributed by atoms with van der Waals surface area (Å²) in [6.07, 6.45) is 0. The molecule has 0 amide bonds. The molecular weight excluding hydrogens is 436 g/mol. The maximum absolute atomic E-state index is 13.9. The number of para-hydroxylation sites is 1. The molecule has 0 saturated carbocycles. The monoisotopic (exact) mass is 460 g/mol. The fraction of sp³-hybridized carbons (Fsp3) is 0.308. The second-order valence-electron chi connectivity index (χ2n) is 9.15. The van der Waals surface area contributed by atoms with E-state index in [0.717, 1.165) is 27.7 Å². The first kappa shape index (κ1) is 20.4. The van der Waals surface area contributed by atoms with Crippen molar-refractivity contribution < 1.29 is 13.9 Å². The first-order chi connectivity index (χ1) is 15.9. The van der Waals surface area contributed by atoms with Crippen LogP contribution in [0.3, 0.4) is 0 Å². The van der Waals surface area contributed by atoms with Gasteiger partial charge in [0, 0.05) is 23.2 Å². The molecule has 4 aromatic rings. The number of benzene rings is 2. The molecule has 0 N–H and O–H groups in total. The summed E-state index contributed by atoms with van der Waals surface area (Å²) in [4.78, 5) is 13.9. The maximum Gasteiger partial charge on any atom is 0.293 e. The van der Waals surface area contributed by atoms with Crippen molar-refractivity contribution in [1.82, 2.24) is 9.78 Å². The number of fused-ring (bicyclic) bond motifs is 6. The van der Waals surface area contributed by atoms with E-state index in [-0.39, 0.29) is 17.3 Å². The Morgan fingerprint density at radius 3 is 2.70 bits per heavy atom. The second kappa shape index (κ2) is 7.15. The van der Waals surface area contributed by atoms with Gasteiger partial charge in [0.2, 0.25) is 5.43 Å². The number of nitrogens with zero attached hydrogens (tertiary/aromatic N) is 2. The van der Waals surface area contributed by atoms with E-state index in [9.17, 15) is 4.79 Å². The van der Waals surface area contributed by atoms with Crippen molar-refractivity contribution >= 4 is 22.7 Å². The lowest BCUT2D eigenvalue weighted by Crippen LogP contribution is -2.49. The van der Waals surface area contributed by atoms with Gasteiger partial charge in [-0.3, -0.25) is 4.79 Å². The van der Waals surface area contributed by atoms with Crippen LogP contribution in [0.5, 0.6) is 11.7 Å². The summed E-state index contributed by atoms with van der Waals surface area (Å²) in [7, 11) is 1.59. The summed E-state index contributed by atoms with van der Waals surface area (Å²) in [5, 5.41) is 6.48. The summed E-state index contributed by atoms with van der Waals surface area (Å²) < 4.78 is 19.9. The van der Waals surface area contributed by atoms with Crippen LogP contribution in [0, 0.1) is 12.8 Å². The van der Waals surface area contributed by atoms with Gasteiger partial charge in [0.15, 0.2) is 0 Å². The van der Waals surface area contributed by atoms with Gasteiger partial charge in [-0.15, -0.1) is 11.8 Å². The molecule has 0 bridgehead atoms. The first-order valence-electron chi connectivity index (χ1n) is 11.0. The average Bonchev–Trinajstić information content (AvgIpc) is 3.16. The Morgan fingerprint density at radius 2 is 1.94 bits per heavy atom. The Labute approximate surface area is 195 Å². The average molecular weight is 461 g/mol. The van der Waals surface area contributed by atoms with Crippen LogP contribution in [0.15, 0.2) is 62.8 Å². The molecule has 0 radical (unpaired) electrons. The quantitative estimate of drug-likeness (QED) is 0.403. The van der Waals surface area contributed by atoms with E-state index < -0.39 is 5.60 Å². The molecule has 6 nitrogen and oxygen atoms in total. The van der Waals surface area contributed by atoms with Crippen LogP contribution in [0.25, 0.3) is 16.7 Å². The normalized spacial score (nSPS) is 20.5. The molecule has 0 saturated heterocycles. The Bertz CT molecular complexity index is 1450. The Balaban J connectivity index is 1.64. The van der Waals surface area contributed by atoms with E-state index >= 15 is 0 Å². The summed E-state index contributed by atoms with van der Waals surface area (Å²) in [5.41, 5.74) is 3.53. The molecule has 2 aromatic carbocycles. The topological polar surface area (TPSA) is 66.5 Å². The number of ether oxygens (including phenoxy) is 2. The third-order valence-electron chi connectivity index (χ3n) is 6.83. The number of aromatic nitrogens is 2. The van der Waals surface area contributed by atoms with Crippen LogP contribution in [0.4, 0.5) is 0 Å². The van der Waals surface area contributed by atoms with E-state index in [1.165, 1.54) is 0 Å². The Hall–Kier alpha value is -3.19. The number of rotatable bonds is 2. The molecule has 0 aliphatic carbocycles. The molecule has 0 unspecified atom stereocenters. The fourth-order valence-corrected chi connectivity index (χ4v) is 6.76. The molecule has 0 spiro atoms. The SMILES string of the molecule is COc1ccc2oc3c(c(=O)c2c1)[C@H]1c2c(C)nn(-c4ccccc4)c2SC[C@H]1C(C)(C)O3. The van der Waals surface area contributed by atoms with Crippen LogP contribution >= 0.6 is 11.8 Å². The van der Waals surface area contributed by atoms with E-state index in [1.54, 1.807) is 37.1 Å². The molecule has 0 fully saturated rings. The number of thioether (sulfide) groups is 1. The van der Waals surface area contributed by atoms with Gasteiger partial charge in [-0.2, -0.15) is 5.10 Å². The zero-order chi connectivity index (χ0) is 22.9. The van der Waals surface area contributed by atoms with Crippen molar-refractivity contribution in [1.29, 1.82) is 0 Å². The lowest BCUT2D eigenvalue weighted by atomic mass is 9.72. The molecular formula is C26H24N2O4S. The molecule has 2 aliphatic heterocycles. The third-order valence-corrected chi connectivity index (χ3v) is 8.03. The maximum atomic E-state index is 13.9. The van der Waals surface area contributed by atoms with E-state index in [1.807, 2.05) is 29.8 Å². The van der Waals surface area contributed by atoms with Crippen LogP contribution < -0.4 is 14.9 Å². The summed E-state index contributed by atoms with van der Waals surface area (Å²) in [6, 6.07) is 15.4. The van der Waals surface area contributed by atoms with Crippen molar-refractivity contribution in [2.45, 2.75) is 37.3 Å². The zero-order valence-corrected chi connectivity index (χ0v) is 19.7. The predicted molar refractivity (Wildman–Crippen MR) is 128 cm³/mol. The third kappa shape index (κ3) is 2.95. The summed E-state index contributed by atoms with van der Waals surface area (Å²) in [5.74, 6) is 1.69. The highest BCUT2D eigenvalue weighted by atomic mass is 32.2. The molecule has 2 aromatic heterocycles. The lowest BCUT2D eigenvalue weighted by molar-refractivity contribution is 0.00225. The molecule has 168 valence electrons. The Kier molecular flexibility index (Phi) is 4.43. The van der Waals surface area contributed by atoms with Crippen LogP contribution in [0.2, 0.25) is 0 Å². The highest BCUT2D eigenvalue weighted by molar-refractivity contribution is 7.99. The van der Waals surface area contributed by atoms with Gasteiger partial charge < -0.3 is 13.9 Å². The smallest absolute Gasteiger partial charge is 0.293 e. The molecule has 4 heterocycles. The van der Waals surface area contributed by atoms with Gasteiger partial charge in [0.05, 0.1) is 29.4 Å². The number of hydrogen-bond acceptors (Lipinski definition) is 6. The lowest BCUT2D eigenvalue weighted by Gasteiger charge is -2.45.